The van der Waals surface area contributed by atoms with Gasteiger partial charge in [-0.2, -0.15) is 0 Å². The number of aromatic amines is 1. The molecule has 33 heavy (non-hydrogen) atoms. The van der Waals surface area contributed by atoms with Gasteiger partial charge in [-0.1, -0.05) is 36.4 Å². The molecule has 9 heteroatoms. The summed E-state index contributed by atoms with van der Waals surface area (Å²) in [6.45, 7) is 0.595. The zero-order valence-electron chi connectivity index (χ0n) is 17.4. The van der Waals surface area contributed by atoms with Gasteiger partial charge >= 0.3 is 5.69 Å². The number of H-pyrrole nitrogens is 1. The molecule has 0 amide bonds. The summed E-state index contributed by atoms with van der Waals surface area (Å²) in [7, 11) is 0. The van der Waals surface area contributed by atoms with Crippen molar-refractivity contribution in [2.45, 2.75) is 12.8 Å². The molecule has 0 spiro atoms. The Morgan fingerprint density at radius 3 is 2.39 bits per heavy atom. The van der Waals surface area contributed by atoms with Gasteiger partial charge < -0.3 is 10.3 Å². The Hall–Kier alpha value is -4.14. The molecule has 0 bridgehead atoms. The van der Waals surface area contributed by atoms with Crippen molar-refractivity contribution in [3.8, 4) is 34.0 Å². The van der Waals surface area contributed by atoms with E-state index in [9.17, 15) is 18.9 Å². The Bertz CT molecular complexity index is 1320. The highest BCUT2D eigenvalue weighted by Crippen LogP contribution is 2.36. The van der Waals surface area contributed by atoms with Gasteiger partial charge in [0, 0.05) is 18.2 Å². The van der Waals surface area contributed by atoms with Gasteiger partial charge in [0.2, 0.25) is 5.82 Å². The lowest BCUT2D eigenvalue weighted by molar-refractivity contribution is -0.384. The van der Waals surface area contributed by atoms with Gasteiger partial charge in [-0.25, -0.2) is 18.7 Å². The lowest BCUT2D eigenvalue weighted by Crippen LogP contribution is -2.08. The predicted molar refractivity (Wildman–Crippen MR) is 120 cm³/mol. The van der Waals surface area contributed by atoms with Crippen molar-refractivity contribution in [1.29, 1.82) is 0 Å². The SMILES string of the molecule is O=[N+]([O-])c1ccc(-c2[nH]c(-c3c(F)cccc3F)nc2-c2ccccc2)nc1NCC1CC1. The average Bonchev–Trinajstić information content (AvgIpc) is 3.55. The average molecular weight is 447 g/mol. The maximum Gasteiger partial charge on any atom is 0.311 e. The second-order valence-electron chi connectivity index (χ2n) is 7.92. The van der Waals surface area contributed by atoms with Gasteiger partial charge in [0.25, 0.3) is 0 Å². The molecule has 1 aliphatic carbocycles. The van der Waals surface area contributed by atoms with Crippen LogP contribution in [0.5, 0.6) is 0 Å². The molecular formula is C24H19F2N5O2. The van der Waals surface area contributed by atoms with E-state index < -0.39 is 16.6 Å². The van der Waals surface area contributed by atoms with Crippen molar-refractivity contribution in [3.63, 3.8) is 0 Å². The summed E-state index contributed by atoms with van der Waals surface area (Å²) >= 11 is 0. The van der Waals surface area contributed by atoms with Crippen LogP contribution in [0, 0.1) is 27.7 Å². The number of halogens is 2. The largest absolute Gasteiger partial charge is 0.364 e. The molecule has 0 saturated heterocycles. The fraction of sp³-hybridized carbons (Fsp3) is 0.167. The Balaban J connectivity index is 1.66. The van der Waals surface area contributed by atoms with Crippen LogP contribution < -0.4 is 5.32 Å². The number of anilines is 1. The fourth-order valence-electron chi connectivity index (χ4n) is 3.64. The minimum absolute atomic E-state index is 0.00657. The van der Waals surface area contributed by atoms with E-state index in [1.54, 1.807) is 0 Å². The van der Waals surface area contributed by atoms with Crippen molar-refractivity contribution in [2.24, 2.45) is 5.92 Å². The molecule has 4 aromatic rings. The van der Waals surface area contributed by atoms with Gasteiger partial charge in [0.1, 0.15) is 17.5 Å². The quantitative estimate of drug-likeness (QED) is 0.275. The highest BCUT2D eigenvalue weighted by Gasteiger charge is 2.25. The molecule has 2 heterocycles. The van der Waals surface area contributed by atoms with Crippen LogP contribution in [-0.2, 0) is 0 Å². The van der Waals surface area contributed by atoms with Gasteiger partial charge in [-0.3, -0.25) is 10.1 Å². The van der Waals surface area contributed by atoms with Crippen LogP contribution in [0.4, 0.5) is 20.3 Å². The molecule has 2 aromatic carbocycles. The number of rotatable bonds is 7. The summed E-state index contributed by atoms with van der Waals surface area (Å²) < 4.78 is 28.9. The number of aromatic nitrogens is 3. The summed E-state index contributed by atoms with van der Waals surface area (Å²) in [6, 6.07) is 15.6. The van der Waals surface area contributed by atoms with Crippen molar-refractivity contribution in [3.05, 3.63) is 82.4 Å². The van der Waals surface area contributed by atoms with Crippen molar-refractivity contribution < 1.29 is 13.7 Å². The minimum Gasteiger partial charge on any atom is -0.364 e. The number of hydrogen-bond donors (Lipinski definition) is 2. The van der Waals surface area contributed by atoms with Crippen molar-refractivity contribution in [1.82, 2.24) is 15.0 Å². The highest BCUT2D eigenvalue weighted by molar-refractivity contribution is 5.81. The third-order valence-corrected chi connectivity index (χ3v) is 5.53. The molecule has 2 N–H and O–H groups in total. The molecule has 0 unspecified atom stereocenters. The van der Waals surface area contributed by atoms with E-state index in [4.69, 9.17) is 0 Å². The van der Waals surface area contributed by atoms with E-state index in [-0.39, 0.29) is 22.9 Å². The topological polar surface area (TPSA) is 96.7 Å². The number of hydrogen-bond acceptors (Lipinski definition) is 5. The maximum atomic E-state index is 14.5. The molecule has 7 nitrogen and oxygen atoms in total. The standard InChI is InChI=1S/C24H19F2N5O2/c25-16-7-4-8-17(26)20(16)24-29-21(15-5-2-1-3-6-15)22(30-24)18-11-12-19(31(32)33)23(28-18)27-13-14-9-10-14/h1-8,11-12,14H,9-10,13H2,(H,27,28)(H,29,30). The highest BCUT2D eigenvalue weighted by atomic mass is 19.1. The second-order valence-corrected chi connectivity index (χ2v) is 7.92. The molecule has 0 radical (unpaired) electrons. The summed E-state index contributed by atoms with van der Waals surface area (Å²) in [5.74, 6) is -0.863. The number of pyridine rings is 1. The van der Waals surface area contributed by atoms with Gasteiger partial charge in [-0.15, -0.1) is 0 Å². The molecule has 0 aliphatic heterocycles. The minimum atomic E-state index is -0.752. The third-order valence-electron chi connectivity index (χ3n) is 5.53. The maximum absolute atomic E-state index is 14.5. The first-order chi connectivity index (χ1) is 16.0. The van der Waals surface area contributed by atoms with Crippen LogP contribution in [0.1, 0.15) is 12.8 Å². The first-order valence-electron chi connectivity index (χ1n) is 10.5. The number of nitrogens with zero attached hydrogens (tertiary/aromatic N) is 3. The van der Waals surface area contributed by atoms with E-state index in [1.165, 1.54) is 18.2 Å². The summed E-state index contributed by atoms with van der Waals surface area (Å²) in [5.41, 5.74) is 1.49. The second kappa shape index (κ2) is 8.42. The van der Waals surface area contributed by atoms with Gasteiger partial charge in [0.15, 0.2) is 0 Å². The van der Waals surface area contributed by atoms with Crippen LogP contribution in [0.2, 0.25) is 0 Å². The van der Waals surface area contributed by atoms with E-state index in [1.807, 2.05) is 30.3 Å². The lowest BCUT2D eigenvalue weighted by Gasteiger charge is -2.08. The predicted octanol–water partition coefficient (Wildman–Crippen LogP) is 5.81. The molecule has 5 rings (SSSR count). The van der Waals surface area contributed by atoms with Crippen LogP contribution in [0.3, 0.4) is 0 Å². The molecule has 1 fully saturated rings. The summed E-state index contributed by atoms with van der Waals surface area (Å²) in [5, 5.41) is 14.6. The molecule has 0 atom stereocenters. The zero-order valence-corrected chi connectivity index (χ0v) is 17.4. The molecular weight excluding hydrogens is 428 g/mol. The number of nitro groups is 1. The zero-order chi connectivity index (χ0) is 22.9. The van der Waals surface area contributed by atoms with E-state index in [0.717, 1.165) is 25.0 Å². The monoisotopic (exact) mass is 447 g/mol. The first kappa shape index (κ1) is 20.7. The van der Waals surface area contributed by atoms with E-state index >= 15 is 0 Å². The molecule has 1 saturated carbocycles. The van der Waals surface area contributed by atoms with Gasteiger partial charge in [-0.05, 0) is 37.0 Å². The van der Waals surface area contributed by atoms with Crippen LogP contribution in [0.25, 0.3) is 34.0 Å². The normalized spacial score (nSPS) is 13.2. The number of benzene rings is 2. The Morgan fingerprint density at radius 2 is 1.73 bits per heavy atom. The van der Waals surface area contributed by atoms with Crippen LogP contribution in [0.15, 0.2) is 60.7 Å². The van der Waals surface area contributed by atoms with Gasteiger partial charge in [0.05, 0.1) is 27.6 Å². The van der Waals surface area contributed by atoms with Crippen molar-refractivity contribution in [2.75, 3.05) is 11.9 Å². The molecule has 2 aromatic heterocycles. The summed E-state index contributed by atoms with van der Waals surface area (Å²) in [4.78, 5) is 23.0. The first-order valence-corrected chi connectivity index (χ1v) is 10.5. The Kier molecular flexibility index (Phi) is 5.29. The van der Waals surface area contributed by atoms with Crippen LogP contribution >= 0.6 is 0 Å². The molecule has 166 valence electrons. The fourth-order valence-corrected chi connectivity index (χ4v) is 3.64. The smallest absolute Gasteiger partial charge is 0.311 e. The Labute approximate surface area is 187 Å². The van der Waals surface area contributed by atoms with Crippen LogP contribution in [-0.4, -0.2) is 26.4 Å². The van der Waals surface area contributed by atoms with E-state index in [0.29, 0.717) is 35.1 Å². The summed E-state index contributed by atoms with van der Waals surface area (Å²) in [6.07, 6.45) is 2.16. The number of nitrogens with one attached hydrogen (secondary N) is 2. The Morgan fingerprint density at radius 1 is 1.00 bits per heavy atom. The number of imidazole rings is 1. The lowest BCUT2D eigenvalue weighted by atomic mass is 10.1. The molecule has 1 aliphatic rings. The third kappa shape index (κ3) is 4.17. The van der Waals surface area contributed by atoms with Crippen molar-refractivity contribution >= 4 is 11.5 Å². The van der Waals surface area contributed by atoms with E-state index in [2.05, 4.69) is 20.3 Å².